The summed E-state index contributed by atoms with van der Waals surface area (Å²) in [7, 11) is 0. The first-order chi connectivity index (χ1) is 6.36. The molecule has 3 heteroatoms. The van der Waals surface area contributed by atoms with Gasteiger partial charge in [0, 0.05) is 16.7 Å². The van der Waals surface area contributed by atoms with Crippen LogP contribution in [0.3, 0.4) is 0 Å². The molecule has 1 fully saturated rings. The molecule has 0 radical (unpaired) electrons. The number of rotatable bonds is 1. The van der Waals surface area contributed by atoms with E-state index in [-0.39, 0.29) is 6.10 Å². The lowest BCUT2D eigenvalue weighted by Gasteiger charge is -2.23. The summed E-state index contributed by atoms with van der Waals surface area (Å²) in [6.45, 7) is 2.72. The van der Waals surface area contributed by atoms with E-state index in [0.717, 1.165) is 19.7 Å². The number of benzene rings is 1. The molecule has 0 saturated carbocycles. The Kier molecular flexibility index (Phi) is 3.18. The topological polar surface area (TPSA) is 21.3 Å². The molecular weight excluding hydrogens is 277 g/mol. The largest absolute Gasteiger partial charge is 0.371 e. The Morgan fingerprint density at radius 1 is 1.31 bits per heavy atom. The Labute approximate surface area is 91.8 Å². The van der Waals surface area contributed by atoms with Gasteiger partial charge in [-0.2, -0.15) is 0 Å². The van der Waals surface area contributed by atoms with Gasteiger partial charge >= 0.3 is 0 Å². The number of nitrogens with one attached hydrogen (secondary N) is 1. The Bertz CT molecular complexity index is 267. The van der Waals surface area contributed by atoms with Crippen LogP contribution in [0.1, 0.15) is 11.7 Å². The molecule has 1 saturated heterocycles. The summed E-state index contributed by atoms with van der Waals surface area (Å²) in [5.74, 6) is 0. The van der Waals surface area contributed by atoms with Gasteiger partial charge in [0.05, 0.1) is 12.7 Å². The van der Waals surface area contributed by atoms with E-state index >= 15 is 0 Å². The number of halogens is 1. The standard InChI is InChI=1S/C10H12INO/c11-9-3-1-8(2-4-9)10-7-12-5-6-13-10/h1-4,10,12H,5-7H2. The van der Waals surface area contributed by atoms with Gasteiger partial charge in [-0.1, -0.05) is 12.1 Å². The molecule has 1 unspecified atom stereocenters. The van der Waals surface area contributed by atoms with Crippen LogP contribution in [0.4, 0.5) is 0 Å². The normalized spacial score (nSPS) is 23.0. The Balaban J connectivity index is 2.10. The molecule has 1 aromatic carbocycles. The quantitative estimate of drug-likeness (QED) is 0.798. The van der Waals surface area contributed by atoms with Gasteiger partial charge in [0.15, 0.2) is 0 Å². The second-order valence-corrected chi connectivity index (χ2v) is 4.36. The molecule has 0 aromatic heterocycles. The van der Waals surface area contributed by atoms with Gasteiger partial charge < -0.3 is 10.1 Å². The molecule has 2 rings (SSSR count). The van der Waals surface area contributed by atoms with Gasteiger partial charge in [-0.25, -0.2) is 0 Å². The van der Waals surface area contributed by atoms with Crippen molar-refractivity contribution in [1.82, 2.24) is 5.32 Å². The van der Waals surface area contributed by atoms with Crippen LogP contribution in [0, 0.1) is 3.57 Å². The molecule has 0 spiro atoms. The summed E-state index contributed by atoms with van der Waals surface area (Å²) < 4.78 is 6.91. The molecule has 0 amide bonds. The second kappa shape index (κ2) is 4.39. The van der Waals surface area contributed by atoms with Gasteiger partial charge in [0.2, 0.25) is 0 Å². The number of morpholine rings is 1. The van der Waals surface area contributed by atoms with Crippen molar-refractivity contribution in [2.24, 2.45) is 0 Å². The first kappa shape index (κ1) is 9.43. The zero-order valence-corrected chi connectivity index (χ0v) is 9.45. The molecule has 1 aliphatic heterocycles. The van der Waals surface area contributed by atoms with Crippen molar-refractivity contribution in [2.45, 2.75) is 6.10 Å². The third-order valence-electron chi connectivity index (χ3n) is 2.17. The van der Waals surface area contributed by atoms with Crippen LogP contribution in [0.15, 0.2) is 24.3 Å². The minimum Gasteiger partial charge on any atom is -0.371 e. The highest BCUT2D eigenvalue weighted by atomic mass is 127. The zero-order chi connectivity index (χ0) is 9.10. The summed E-state index contributed by atoms with van der Waals surface area (Å²) in [5, 5.41) is 3.32. The Morgan fingerprint density at radius 3 is 2.69 bits per heavy atom. The highest BCUT2D eigenvalue weighted by molar-refractivity contribution is 14.1. The summed E-state index contributed by atoms with van der Waals surface area (Å²) in [4.78, 5) is 0. The molecule has 0 bridgehead atoms. The summed E-state index contributed by atoms with van der Waals surface area (Å²) in [5.41, 5.74) is 1.27. The maximum Gasteiger partial charge on any atom is 0.0949 e. The minimum atomic E-state index is 0.241. The molecule has 2 nitrogen and oxygen atoms in total. The number of ether oxygens (including phenoxy) is 1. The third-order valence-corrected chi connectivity index (χ3v) is 2.89. The van der Waals surface area contributed by atoms with Gasteiger partial charge in [0.25, 0.3) is 0 Å². The van der Waals surface area contributed by atoms with Crippen molar-refractivity contribution in [3.63, 3.8) is 0 Å². The monoisotopic (exact) mass is 289 g/mol. The van der Waals surface area contributed by atoms with Crippen molar-refractivity contribution < 1.29 is 4.74 Å². The maximum absolute atomic E-state index is 5.64. The van der Waals surface area contributed by atoms with E-state index in [1.807, 2.05) is 0 Å². The van der Waals surface area contributed by atoms with E-state index in [2.05, 4.69) is 52.2 Å². The smallest absolute Gasteiger partial charge is 0.0949 e. The summed E-state index contributed by atoms with van der Waals surface area (Å²) >= 11 is 2.31. The lowest BCUT2D eigenvalue weighted by Crippen LogP contribution is -2.33. The second-order valence-electron chi connectivity index (χ2n) is 3.12. The number of hydrogen-bond donors (Lipinski definition) is 1. The van der Waals surface area contributed by atoms with Gasteiger partial charge in [0.1, 0.15) is 0 Å². The predicted molar refractivity (Wildman–Crippen MR) is 60.7 cm³/mol. The van der Waals surface area contributed by atoms with Crippen LogP contribution in [0.25, 0.3) is 0 Å². The van der Waals surface area contributed by atoms with E-state index in [9.17, 15) is 0 Å². The lowest BCUT2D eigenvalue weighted by molar-refractivity contribution is 0.0277. The van der Waals surface area contributed by atoms with Crippen LogP contribution in [0.5, 0.6) is 0 Å². The van der Waals surface area contributed by atoms with Crippen LogP contribution in [0.2, 0.25) is 0 Å². The van der Waals surface area contributed by atoms with E-state index in [1.165, 1.54) is 9.13 Å². The van der Waals surface area contributed by atoms with Crippen molar-refractivity contribution >= 4 is 22.6 Å². The Morgan fingerprint density at radius 2 is 2.08 bits per heavy atom. The van der Waals surface area contributed by atoms with Crippen LogP contribution in [-0.2, 0) is 4.74 Å². The zero-order valence-electron chi connectivity index (χ0n) is 7.29. The molecule has 1 heterocycles. The molecule has 1 aromatic rings. The molecule has 1 aliphatic rings. The van der Waals surface area contributed by atoms with Gasteiger partial charge in [-0.3, -0.25) is 0 Å². The van der Waals surface area contributed by atoms with Crippen molar-refractivity contribution in [3.05, 3.63) is 33.4 Å². The van der Waals surface area contributed by atoms with Gasteiger partial charge in [-0.05, 0) is 40.3 Å². The molecule has 70 valence electrons. The molecule has 0 aliphatic carbocycles. The predicted octanol–water partition coefficient (Wildman–Crippen LogP) is 1.95. The lowest BCUT2D eigenvalue weighted by atomic mass is 10.1. The third kappa shape index (κ3) is 2.42. The number of hydrogen-bond acceptors (Lipinski definition) is 2. The van der Waals surface area contributed by atoms with E-state index in [1.54, 1.807) is 0 Å². The van der Waals surface area contributed by atoms with E-state index in [0.29, 0.717) is 0 Å². The highest BCUT2D eigenvalue weighted by Crippen LogP contribution is 2.19. The molecule has 1 N–H and O–H groups in total. The molecule has 13 heavy (non-hydrogen) atoms. The van der Waals surface area contributed by atoms with Crippen LogP contribution < -0.4 is 5.32 Å². The summed E-state index contributed by atoms with van der Waals surface area (Å²) in [6, 6.07) is 8.51. The van der Waals surface area contributed by atoms with Crippen molar-refractivity contribution in [3.8, 4) is 0 Å². The average Bonchev–Trinajstić information content (AvgIpc) is 2.20. The Hall–Kier alpha value is -0.130. The minimum absolute atomic E-state index is 0.241. The fourth-order valence-corrected chi connectivity index (χ4v) is 1.82. The van der Waals surface area contributed by atoms with Crippen molar-refractivity contribution in [1.29, 1.82) is 0 Å². The first-order valence-corrected chi connectivity index (χ1v) is 5.52. The maximum atomic E-state index is 5.64. The van der Waals surface area contributed by atoms with Gasteiger partial charge in [-0.15, -0.1) is 0 Å². The average molecular weight is 289 g/mol. The SMILES string of the molecule is Ic1ccc(C2CNCCO2)cc1. The van der Waals surface area contributed by atoms with Crippen molar-refractivity contribution in [2.75, 3.05) is 19.7 Å². The van der Waals surface area contributed by atoms with Crippen LogP contribution in [-0.4, -0.2) is 19.7 Å². The molecular formula is C10H12INO. The van der Waals surface area contributed by atoms with Crippen LogP contribution >= 0.6 is 22.6 Å². The summed E-state index contributed by atoms with van der Waals surface area (Å²) in [6.07, 6.45) is 0.241. The fourth-order valence-electron chi connectivity index (χ4n) is 1.46. The van der Waals surface area contributed by atoms with E-state index < -0.39 is 0 Å². The first-order valence-electron chi connectivity index (χ1n) is 4.44. The molecule has 1 atom stereocenters. The highest BCUT2D eigenvalue weighted by Gasteiger charge is 2.14. The fraction of sp³-hybridized carbons (Fsp3) is 0.400. The van der Waals surface area contributed by atoms with E-state index in [4.69, 9.17) is 4.74 Å².